The highest BCUT2D eigenvalue weighted by Crippen LogP contribution is 2.46. The standard InChI is InChI=1S/C42H26O/c1-2-12-27(13-3-1)31-16-6-7-17-32(31)42-35-20-10-8-18-33(35)41(34-19-9-11-21-36(34)42)30-22-23-39-37(25-30)38-24-28-14-4-5-15-29(28)26-40(38)43-39/h1-26H/i1D,2D,3D,4D,5D,6D,7D,12D,13D,14D,15D,16D,17D,22D,23D,24D,25D,26D. The maximum Gasteiger partial charge on any atom is 0.136 e. The number of hydrogen-bond acceptors (Lipinski definition) is 1. The Labute approximate surface area is 274 Å². The smallest absolute Gasteiger partial charge is 0.136 e. The monoisotopic (exact) mass is 564 g/mol. The summed E-state index contributed by atoms with van der Waals surface area (Å²) in [4.78, 5) is 0. The van der Waals surface area contributed by atoms with Crippen molar-refractivity contribution in [1.82, 2.24) is 0 Å². The van der Waals surface area contributed by atoms with Gasteiger partial charge in [-0.3, -0.25) is 0 Å². The first-order valence-corrected chi connectivity index (χ1v) is 13.3. The molecule has 0 aliphatic heterocycles. The van der Waals surface area contributed by atoms with Gasteiger partial charge in [0.1, 0.15) is 11.2 Å². The van der Waals surface area contributed by atoms with Crippen molar-refractivity contribution in [3.63, 3.8) is 0 Å². The van der Waals surface area contributed by atoms with Gasteiger partial charge in [-0.15, -0.1) is 0 Å². The number of hydrogen-bond donors (Lipinski definition) is 0. The van der Waals surface area contributed by atoms with Crippen molar-refractivity contribution >= 4 is 54.3 Å². The molecule has 1 nitrogen and oxygen atoms in total. The average Bonchev–Trinajstić information content (AvgIpc) is 3.67. The van der Waals surface area contributed by atoms with Gasteiger partial charge in [-0.2, -0.15) is 0 Å². The highest BCUT2D eigenvalue weighted by molar-refractivity contribution is 6.23. The van der Waals surface area contributed by atoms with Crippen LogP contribution in [0.2, 0.25) is 0 Å². The zero-order chi connectivity index (χ0) is 44.0. The van der Waals surface area contributed by atoms with E-state index in [1.807, 2.05) is 0 Å². The first kappa shape index (κ1) is 12.3. The molecule has 9 rings (SSSR count). The summed E-state index contributed by atoms with van der Waals surface area (Å²) in [6.45, 7) is 0. The van der Waals surface area contributed by atoms with Gasteiger partial charge in [0.05, 0.1) is 24.7 Å². The Balaban J connectivity index is 1.48. The SMILES string of the molecule is [2H]c1c([2H])c([2H])c(-c2c([2H])c([2H])c([2H])c([2H])c2-c2c3ccccc3c(-c3c([2H])c([2H])c4oc5c([2H])c6c([2H])c([2H])c([2H])c([2H])c6c([2H])c5c4c3[2H])c3ccccc23)c([2H])c1[2H]. The summed E-state index contributed by atoms with van der Waals surface area (Å²) in [5, 5.41) is 0.426. The van der Waals surface area contributed by atoms with E-state index in [1.54, 1.807) is 48.5 Å². The molecule has 0 amide bonds. The van der Waals surface area contributed by atoms with Gasteiger partial charge in [0, 0.05) is 10.8 Å². The van der Waals surface area contributed by atoms with Crippen LogP contribution in [0.5, 0.6) is 0 Å². The van der Waals surface area contributed by atoms with Crippen LogP contribution >= 0.6 is 0 Å². The van der Waals surface area contributed by atoms with Crippen molar-refractivity contribution in [2.24, 2.45) is 0 Å². The van der Waals surface area contributed by atoms with Crippen LogP contribution < -0.4 is 0 Å². The van der Waals surface area contributed by atoms with E-state index in [4.69, 9.17) is 22.2 Å². The highest BCUT2D eigenvalue weighted by Gasteiger charge is 2.19. The maximum atomic E-state index is 9.74. The molecule has 0 aliphatic carbocycles. The molecule has 8 aromatic carbocycles. The number of benzene rings is 8. The molecule has 1 aromatic heterocycles. The van der Waals surface area contributed by atoms with E-state index in [0.717, 1.165) is 0 Å². The van der Waals surface area contributed by atoms with Crippen molar-refractivity contribution < 1.29 is 29.1 Å². The zero-order valence-electron chi connectivity index (χ0n) is 40.0. The molecule has 0 N–H and O–H groups in total. The summed E-state index contributed by atoms with van der Waals surface area (Å²) in [6.07, 6.45) is 0. The van der Waals surface area contributed by atoms with Crippen molar-refractivity contribution in [1.29, 1.82) is 0 Å². The Hall–Kier alpha value is -5.66. The molecule has 0 unspecified atom stereocenters. The minimum Gasteiger partial charge on any atom is -0.456 e. The second-order valence-electron chi connectivity index (χ2n) is 9.85. The predicted octanol–water partition coefficient (Wildman–Crippen LogP) is 12.0. The molecule has 43 heavy (non-hydrogen) atoms. The molecule has 0 spiro atoms. The Morgan fingerprint density at radius 2 is 0.953 bits per heavy atom. The first-order valence-electron chi connectivity index (χ1n) is 22.3. The van der Waals surface area contributed by atoms with Crippen LogP contribution in [0.4, 0.5) is 0 Å². The van der Waals surface area contributed by atoms with Crippen LogP contribution in [0.3, 0.4) is 0 Å². The molecule has 9 aromatic rings. The number of rotatable bonds is 3. The molecule has 200 valence electrons. The largest absolute Gasteiger partial charge is 0.456 e. The summed E-state index contributed by atoms with van der Waals surface area (Å²) >= 11 is 0. The van der Waals surface area contributed by atoms with Crippen molar-refractivity contribution in [2.75, 3.05) is 0 Å². The van der Waals surface area contributed by atoms with Gasteiger partial charge < -0.3 is 4.42 Å². The molecule has 0 saturated heterocycles. The fraction of sp³-hybridized carbons (Fsp3) is 0. The van der Waals surface area contributed by atoms with E-state index in [9.17, 15) is 6.85 Å². The number of fused-ring (bicyclic) bond motifs is 6. The molecular formula is C42H26O. The molecule has 1 heterocycles. The van der Waals surface area contributed by atoms with Gasteiger partial charge in [-0.1, -0.05) is 133 Å². The molecule has 0 saturated carbocycles. The van der Waals surface area contributed by atoms with Crippen molar-refractivity contribution in [3.8, 4) is 33.4 Å². The third-order valence-corrected chi connectivity index (χ3v) is 7.50. The number of furan rings is 1. The summed E-state index contributed by atoms with van der Waals surface area (Å²) in [5.41, 5.74) is -1.25. The topological polar surface area (TPSA) is 13.1 Å². The minimum absolute atomic E-state index is 0.110. The van der Waals surface area contributed by atoms with Crippen LogP contribution in [-0.2, 0) is 0 Å². The Morgan fingerprint density at radius 1 is 0.395 bits per heavy atom. The summed E-state index contributed by atoms with van der Waals surface area (Å²) in [5.74, 6) is 0. The second kappa shape index (κ2) is 9.44. The molecule has 0 atom stereocenters. The van der Waals surface area contributed by atoms with Crippen LogP contribution in [0.1, 0.15) is 24.7 Å². The fourth-order valence-electron chi connectivity index (χ4n) is 5.71. The van der Waals surface area contributed by atoms with E-state index in [1.165, 1.54) is 0 Å². The van der Waals surface area contributed by atoms with Crippen molar-refractivity contribution in [2.45, 2.75) is 0 Å². The van der Waals surface area contributed by atoms with E-state index in [-0.39, 0.29) is 60.5 Å². The molecule has 0 aliphatic rings. The lowest BCUT2D eigenvalue weighted by atomic mass is 9.83. The fourth-order valence-corrected chi connectivity index (χ4v) is 5.71. The van der Waals surface area contributed by atoms with E-state index < -0.39 is 114 Å². The first-order chi connectivity index (χ1) is 28.8. The molecule has 1 heteroatoms. The normalized spacial score (nSPS) is 17.6. The Morgan fingerprint density at radius 3 is 1.65 bits per heavy atom. The summed E-state index contributed by atoms with van der Waals surface area (Å²) in [7, 11) is 0. The second-order valence-corrected chi connectivity index (χ2v) is 9.85. The van der Waals surface area contributed by atoms with Gasteiger partial charge in [0.15, 0.2) is 0 Å². The lowest BCUT2D eigenvalue weighted by Crippen LogP contribution is -1.92. The Kier molecular flexibility index (Phi) is 2.70. The molecular weight excluding hydrogens is 520 g/mol. The van der Waals surface area contributed by atoms with Gasteiger partial charge in [-0.25, -0.2) is 0 Å². The highest BCUT2D eigenvalue weighted by atomic mass is 16.3. The van der Waals surface area contributed by atoms with Crippen LogP contribution in [0.15, 0.2) is 162 Å². The molecule has 0 bridgehead atoms. The van der Waals surface area contributed by atoms with Crippen LogP contribution in [-0.4, -0.2) is 0 Å². The molecule has 0 fully saturated rings. The average molecular weight is 565 g/mol. The van der Waals surface area contributed by atoms with E-state index >= 15 is 0 Å². The van der Waals surface area contributed by atoms with E-state index in [2.05, 4.69) is 0 Å². The Bertz CT molecular complexity index is 3430. The van der Waals surface area contributed by atoms with Gasteiger partial charge in [-0.05, 0) is 89.9 Å². The van der Waals surface area contributed by atoms with Gasteiger partial charge in [0.2, 0.25) is 0 Å². The summed E-state index contributed by atoms with van der Waals surface area (Å²) in [6, 6.07) is 2.45. The molecule has 0 radical (unpaired) electrons. The lowest BCUT2D eigenvalue weighted by Gasteiger charge is -2.19. The van der Waals surface area contributed by atoms with Crippen LogP contribution in [0, 0.1) is 0 Å². The third-order valence-electron chi connectivity index (χ3n) is 7.50. The lowest BCUT2D eigenvalue weighted by molar-refractivity contribution is 0.669. The maximum absolute atomic E-state index is 9.74. The third kappa shape index (κ3) is 3.72. The summed E-state index contributed by atoms with van der Waals surface area (Å²) < 4.78 is 165. The zero-order valence-corrected chi connectivity index (χ0v) is 22.0. The quantitative estimate of drug-likeness (QED) is 0.195. The minimum atomic E-state index is -0.708. The van der Waals surface area contributed by atoms with Gasteiger partial charge >= 0.3 is 0 Å². The predicted molar refractivity (Wildman–Crippen MR) is 183 cm³/mol. The van der Waals surface area contributed by atoms with E-state index in [0.29, 0.717) is 21.5 Å². The van der Waals surface area contributed by atoms with Crippen molar-refractivity contribution in [3.05, 3.63) is 157 Å². The van der Waals surface area contributed by atoms with Gasteiger partial charge in [0.25, 0.3) is 0 Å². The van der Waals surface area contributed by atoms with Crippen LogP contribution in [0.25, 0.3) is 87.6 Å².